The Labute approximate surface area is 84.7 Å². The van der Waals surface area contributed by atoms with Crippen molar-refractivity contribution < 1.29 is 9.53 Å². The minimum Gasteiger partial charge on any atom is -0.461 e. The van der Waals surface area contributed by atoms with Crippen LogP contribution in [-0.2, 0) is 9.53 Å². The SMILES string of the molecule is CCOC(=O)C1=NCNC1C(C)(C)C. The first-order valence-electron chi connectivity index (χ1n) is 4.91. The Hall–Kier alpha value is -0.900. The van der Waals surface area contributed by atoms with Gasteiger partial charge >= 0.3 is 5.97 Å². The minimum atomic E-state index is -0.294. The second-order valence-electron chi connectivity index (χ2n) is 4.43. The van der Waals surface area contributed by atoms with Gasteiger partial charge in [0.05, 0.1) is 19.3 Å². The molecule has 1 heterocycles. The van der Waals surface area contributed by atoms with Gasteiger partial charge in [-0.3, -0.25) is 10.3 Å². The average molecular weight is 198 g/mol. The maximum absolute atomic E-state index is 11.5. The van der Waals surface area contributed by atoms with Crippen molar-refractivity contribution in [2.75, 3.05) is 13.3 Å². The summed E-state index contributed by atoms with van der Waals surface area (Å²) in [5.41, 5.74) is 0.515. The molecule has 4 heteroatoms. The highest BCUT2D eigenvalue weighted by atomic mass is 16.5. The van der Waals surface area contributed by atoms with Gasteiger partial charge in [0.2, 0.25) is 0 Å². The topological polar surface area (TPSA) is 50.7 Å². The van der Waals surface area contributed by atoms with Gasteiger partial charge in [-0.05, 0) is 12.3 Å². The van der Waals surface area contributed by atoms with Gasteiger partial charge in [0.1, 0.15) is 5.71 Å². The maximum Gasteiger partial charge on any atom is 0.353 e. The van der Waals surface area contributed by atoms with Gasteiger partial charge in [0, 0.05) is 0 Å². The third kappa shape index (κ3) is 2.32. The molecule has 0 saturated heterocycles. The number of hydrogen-bond acceptors (Lipinski definition) is 4. The van der Waals surface area contributed by atoms with Gasteiger partial charge in [0.25, 0.3) is 0 Å². The summed E-state index contributed by atoms with van der Waals surface area (Å²) in [5.74, 6) is -0.294. The molecule has 0 bridgehead atoms. The normalized spacial score (nSPS) is 22.0. The molecule has 0 aromatic rings. The van der Waals surface area contributed by atoms with E-state index in [9.17, 15) is 4.79 Å². The van der Waals surface area contributed by atoms with Gasteiger partial charge in [-0.1, -0.05) is 20.8 Å². The van der Waals surface area contributed by atoms with Crippen LogP contribution in [0.3, 0.4) is 0 Å². The molecule has 80 valence electrons. The zero-order valence-corrected chi connectivity index (χ0v) is 9.26. The van der Waals surface area contributed by atoms with Crippen LogP contribution in [0.1, 0.15) is 27.7 Å². The van der Waals surface area contributed by atoms with Crippen LogP contribution in [0.4, 0.5) is 0 Å². The van der Waals surface area contributed by atoms with Crippen molar-refractivity contribution in [1.82, 2.24) is 5.32 Å². The van der Waals surface area contributed by atoms with Gasteiger partial charge < -0.3 is 4.74 Å². The zero-order chi connectivity index (χ0) is 10.8. The molecule has 1 unspecified atom stereocenters. The number of aliphatic imine (C=N–C) groups is 1. The number of ether oxygens (including phenoxy) is 1. The van der Waals surface area contributed by atoms with Gasteiger partial charge in [-0.25, -0.2) is 4.79 Å². The summed E-state index contributed by atoms with van der Waals surface area (Å²) in [6.07, 6.45) is 0. The minimum absolute atomic E-state index is 0.00144. The summed E-state index contributed by atoms with van der Waals surface area (Å²) in [7, 11) is 0. The van der Waals surface area contributed by atoms with Crippen LogP contribution < -0.4 is 5.32 Å². The standard InChI is InChI=1S/C10H18N2O2/c1-5-14-9(13)7-8(10(2,3)4)12-6-11-7/h8,12H,5-6H2,1-4H3. The summed E-state index contributed by atoms with van der Waals surface area (Å²) in [4.78, 5) is 15.6. The quantitative estimate of drug-likeness (QED) is 0.672. The van der Waals surface area contributed by atoms with E-state index in [1.807, 2.05) is 0 Å². The summed E-state index contributed by atoms with van der Waals surface area (Å²) in [6, 6.07) is 0.00144. The molecule has 1 rings (SSSR count). The summed E-state index contributed by atoms with van der Waals surface area (Å²) < 4.78 is 4.94. The molecule has 0 fully saturated rings. The Morgan fingerprint density at radius 1 is 1.64 bits per heavy atom. The molecule has 1 aliphatic heterocycles. The number of nitrogens with zero attached hydrogens (tertiary/aromatic N) is 1. The molecular formula is C10H18N2O2. The summed E-state index contributed by atoms with van der Waals surface area (Å²) in [5, 5.41) is 3.18. The molecule has 0 aromatic heterocycles. The van der Waals surface area contributed by atoms with Gasteiger partial charge in [-0.2, -0.15) is 0 Å². The van der Waals surface area contributed by atoms with E-state index in [-0.39, 0.29) is 17.4 Å². The fourth-order valence-corrected chi connectivity index (χ4v) is 1.51. The molecule has 0 aliphatic carbocycles. The van der Waals surface area contributed by atoms with E-state index in [0.29, 0.717) is 19.0 Å². The highest BCUT2D eigenvalue weighted by Crippen LogP contribution is 2.23. The van der Waals surface area contributed by atoms with Crippen molar-refractivity contribution in [2.24, 2.45) is 10.4 Å². The average Bonchev–Trinajstić information content (AvgIpc) is 2.50. The molecule has 0 radical (unpaired) electrons. The fraction of sp³-hybridized carbons (Fsp3) is 0.800. The lowest BCUT2D eigenvalue weighted by molar-refractivity contribution is -0.135. The number of nitrogens with one attached hydrogen (secondary N) is 1. The first-order valence-corrected chi connectivity index (χ1v) is 4.91. The molecule has 1 aliphatic rings. The zero-order valence-electron chi connectivity index (χ0n) is 9.26. The lowest BCUT2D eigenvalue weighted by Crippen LogP contribution is -2.45. The van der Waals surface area contributed by atoms with E-state index in [4.69, 9.17) is 4.74 Å². The third-order valence-corrected chi connectivity index (χ3v) is 2.17. The van der Waals surface area contributed by atoms with Crippen LogP contribution in [0, 0.1) is 5.41 Å². The van der Waals surface area contributed by atoms with Gasteiger partial charge in [-0.15, -0.1) is 0 Å². The largest absolute Gasteiger partial charge is 0.461 e. The van der Waals surface area contributed by atoms with E-state index in [2.05, 4.69) is 31.1 Å². The second-order valence-corrected chi connectivity index (χ2v) is 4.43. The Kier molecular flexibility index (Phi) is 3.26. The first-order chi connectivity index (χ1) is 6.46. The van der Waals surface area contributed by atoms with E-state index < -0.39 is 0 Å². The highest BCUT2D eigenvalue weighted by molar-refractivity contribution is 6.39. The van der Waals surface area contributed by atoms with E-state index >= 15 is 0 Å². The molecule has 0 aromatic carbocycles. The van der Waals surface area contributed by atoms with Crippen molar-refractivity contribution >= 4 is 11.7 Å². The molecule has 4 nitrogen and oxygen atoms in total. The number of rotatable bonds is 2. The van der Waals surface area contributed by atoms with Crippen molar-refractivity contribution in [3.8, 4) is 0 Å². The molecule has 1 atom stereocenters. The Bertz CT molecular complexity index is 253. The summed E-state index contributed by atoms with van der Waals surface area (Å²) >= 11 is 0. The van der Waals surface area contributed by atoms with Crippen LogP contribution in [0.25, 0.3) is 0 Å². The van der Waals surface area contributed by atoms with Crippen molar-refractivity contribution in [1.29, 1.82) is 0 Å². The summed E-state index contributed by atoms with van der Waals surface area (Å²) in [6.45, 7) is 8.93. The molecule has 0 saturated carbocycles. The molecular weight excluding hydrogens is 180 g/mol. The molecule has 0 amide bonds. The van der Waals surface area contributed by atoms with Crippen LogP contribution in [-0.4, -0.2) is 31.0 Å². The third-order valence-electron chi connectivity index (χ3n) is 2.17. The Morgan fingerprint density at radius 3 is 2.79 bits per heavy atom. The van der Waals surface area contributed by atoms with Crippen molar-refractivity contribution in [3.05, 3.63) is 0 Å². The fourth-order valence-electron chi connectivity index (χ4n) is 1.51. The second kappa shape index (κ2) is 4.09. The van der Waals surface area contributed by atoms with Crippen LogP contribution in [0.2, 0.25) is 0 Å². The van der Waals surface area contributed by atoms with Crippen LogP contribution in [0.15, 0.2) is 4.99 Å². The van der Waals surface area contributed by atoms with Crippen LogP contribution in [0.5, 0.6) is 0 Å². The van der Waals surface area contributed by atoms with E-state index in [1.54, 1.807) is 6.92 Å². The lowest BCUT2D eigenvalue weighted by atomic mass is 9.84. The van der Waals surface area contributed by atoms with Gasteiger partial charge in [0.15, 0.2) is 0 Å². The monoisotopic (exact) mass is 198 g/mol. The maximum atomic E-state index is 11.5. The highest BCUT2D eigenvalue weighted by Gasteiger charge is 2.36. The number of carbonyl (C=O) groups is 1. The predicted molar refractivity (Wildman–Crippen MR) is 55.3 cm³/mol. The number of hydrogen-bond donors (Lipinski definition) is 1. The first kappa shape index (κ1) is 11.2. The smallest absolute Gasteiger partial charge is 0.353 e. The van der Waals surface area contributed by atoms with E-state index in [1.165, 1.54) is 0 Å². The lowest BCUT2D eigenvalue weighted by Gasteiger charge is -2.27. The molecule has 14 heavy (non-hydrogen) atoms. The molecule has 1 N–H and O–H groups in total. The number of carbonyl (C=O) groups excluding carboxylic acids is 1. The van der Waals surface area contributed by atoms with Crippen molar-refractivity contribution in [2.45, 2.75) is 33.7 Å². The van der Waals surface area contributed by atoms with Crippen molar-refractivity contribution in [3.63, 3.8) is 0 Å². The van der Waals surface area contributed by atoms with E-state index in [0.717, 1.165) is 0 Å². The molecule has 0 spiro atoms. The Morgan fingerprint density at radius 2 is 2.29 bits per heavy atom. The van der Waals surface area contributed by atoms with Crippen LogP contribution >= 0.6 is 0 Å². The number of esters is 1. The Balaban J connectivity index is 2.73. The predicted octanol–water partition coefficient (Wildman–Crippen LogP) is 0.966.